The number of ether oxygens (including phenoxy) is 1. The van der Waals surface area contributed by atoms with Crippen LogP contribution >= 0.6 is 0 Å². The van der Waals surface area contributed by atoms with Crippen LogP contribution in [0.5, 0.6) is 5.75 Å². The molecule has 1 saturated heterocycles. The summed E-state index contributed by atoms with van der Waals surface area (Å²) in [5.74, 6) is 2.82. The number of piperidine rings is 1. The van der Waals surface area contributed by atoms with Crippen molar-refractivity contribution in [3.8, 4) is 5.75 Å². The second-order valence-corrected chi connectivity index (χ2v) is 6.72. The van der Waals surface area contributed by atoms with E-state index in [0.717, 1.165) is 18.4 Å². The summed E-state index contributed by atoms with van der Waals surface area (Å²) >= 11 is 0. The summed E-state index contributed by atoms with van der Waals surface area (Å²) in [6.45, 7) is 7.66. The Bertz CT molecular complexity index is 459. The van der Waals surface area contributed by atoms with Gasteiger partial charge in [0, 0.05) is 0 Å². The molecule has 1 heterocycles. The summed E-state index contributed by atoms with van der Waals surface area (Å²) < 4.78 is 6.17. The Hall–Kier alpha value is -1.02. The van der Waals surface area contributed by atoms with Crippen LogP contribution in [0.4, 0.5) is 0 Å². The van der Waals surface area contributed by atoms with Crippen LogP contribution in [0.2, 0.25) is 0 Å². The van der Waals surface area contributed by atoms with E-state index in [-0.39, 0.29) is 0 Å². The van der Waals surface area contributed by atoms with Crippen molar-refractivity contribution < 1.29 is 4.74 Å². The van der Waals surface area contributed by atoms with E-state index in [9.17, 15) is 0 Å². The third kappa shape index (κ3) is 3.54. The van der Waals surface area contributed by atoms with Crippen molar-refractivity contribution in [1.29, 1.82) is 0 Å². The molecule has 1 saturated carbocycles. The molecule has 0 amide bonds. The van der Waals surface area contributed by atoms with Gasteiger partial charge in [-0.05, 0) is 82.0 Å². The average molecular weight is 273 g/mol. The first kappa shape index (κ1) is 13.9. The second-order valence-electron chi connectivity index (χ2n) is 6.72. The highest BCUT2D eigenvalue weighted by Gasteiger charge is 2.23. The molecule has 1 N–H and O–H groups in total. The molecule has 0 aromatic heterocycles. The van der Waals surface area contributed by atoms with Gasteiger partial charge in [0.2, 0.25) is 0 Å². The molecule has 2 aliphatic rings. The lowest BCUT2D eigenvalue weighted by Gasteiger charge is -2.24. The fourth-order valence-electron chi connectivity index (χ4n) is 3.28. The largest absolute Gasteiger partial charge is 0.493 e. The first-order chi connectivity index (χ1) is 9.72. The highest BCUT2D eigenvalue weighted by molar-refractivity contribution is 5.44. The molecular weight excluding hydrogens is 246 g/mol. The van der Waals surface area contributed by atoms with Gasteiger partial charge in [0.1, 0.15) is 5.75 Å². The fourth-order valence-corrected chi connectivity index (χ4v) is 3.28. The molecule has 0 spiro atoms. The zero-order valence-electron chi connectivity index (χ0n) is 12.9. The minimum absolute atomic E-state index is 0.820. The van der Waals surface area contributed by atoms with Crippen LogP contribution < -0.4 is 10.1 Å². The van der Waals surface area contributed by atoms with Crippen LogP contribution in [0, 0.1) is 25.7 Å². The summed E-state index contributed by atoms with van der Waals surface area (Å²) in [7, 11) is 0. The summed E-state index contributed by atoms with van der Waals surface area (Å²) in [5.41, 5.74) is 4.12. The smallest absolute Gasteiger partial charge is 0.125 e. The summed E-state index contributed by atoms with van der Waals surface area (Å²) in [6, 6.07) is 4.60. The van der Waals surface area contributed by atoms with Crippen LogP contribution in [-0.4, -0.2) is 19.7 Å². The molecule has 110 valence electrons. The van der Waals surface area contributed by atoms with Crippen molar-refractivity contribution in [1.82, 2.24) is 5.32 Å². The maximum absolute atomic E-state index is 6.17. The molecular formula is C18H27NO. The van der Waals surface area contributed by atoms with Crippen LogP contribution in [0.3, 0.4) is 0 Å². The average Bonchev–Trinajstić information content (AvgIpc) is 3.23. The number of aryl methyl sites for hydroxylation is 2. The Morgan fingerprint density at radius 1 is 1.05 bits per heavy atom. The minimum atomic E-state index is 0.820. The van der Waals surface area contributed by atoms with Crippen molar-refractivity contribution >= 4 is 0 Å². The third-order valence-electron chi connectivity index (χ3n) is 4.62. The molecule has 0 atom stereocenters. The zero-order chi connectivity index (χ0) is 13.9. The number of hydrogen-bond donors (Lipinski definition) is 1. The molecule has 20 heavy (non-hydrogen) atoms. The van der Waals surface area contributed by atoms with Crippen LogP contribution in [0.15, 0.2) is 12.1 Å². The van der Waals surface area contributed by atoms with E-state index in [0.29, 0.717) is 0 Å². The van der Waals surface area contributed by atoms with Crippen molar-refractivity contribution in [2.75, 3.05) is 19.7 Å². The van der Waals surface area contributed by atoms with Gasteiger partial charge in [-0.15, -0.1) is 0 Å². The fraction of sp³-hybridized carbons (Fsp3) is 0.667. The van der Waals surface area contributed by atoms with Crippen LogP contribution in [0.25, 0.3) is 0 Å². The maximum atomic E-state index is 6.17. The molecule has 0 radical (unpaired) electrons. The van der Waals surface area contributed by atoms with Gasteiger partial charge in [0.15, 0.2) is 0 Å². The Balaban J connectivity index is 1.74. The topological polar surface area (TPSA) is 21.3 Å². The molecule has 2 nitrogen and oxygen atoms in total. The van der Waals surface area contributed by atoms with Gasteiger partial charge in [-0.1, -0.05) is 17.7 Å². The quantitative estimate of drug-likeness (QED) is 0.884. The summed E-state index contributed by atoms with van der Waals surface area (Å²) in [4.78, 5) is 0. The molecule has 1 aliphatic carbocycles. The Labute approximate surface area is 122 Å². The van der Waals surface area contributed by atoms with Gasteiger partial charge in [0.25, 0.3) is 0 Å². The molecule has 2 heteroatoms. The summed E-state index contributed by atoms with van der Waals surface area (Å²) in [6.07, 6.45) is 6.50. The lowest BCUT2D eigenvalue weighted by atomic mass is 9.89. The molecule has 0 unspecified atom stereocenters. The van der Waals surface area contributed by atoms with E-state index in [4.69, 9.17) is 4.74 Å². The standard InChI is InChI=1S/C18H27NO/c1-13-9-14(2)18(20-12-16-3-4-16)17(10-13)11-15-5-7-19-8-6-15/h9-10,15-16,19H,3-8,11-12H2,1-2H3. The molecule has 1 aromatic carbocycles. The zero-order valence-corrected chi connectivity index (χ0v) is 12.9. The van der Waals surface area contributed by atoms with Gasteiger partial charge in [-0.3, -0.25) is 0 Å². The molecule has 0 bridgehead atoms. The minimum Gasteiger partial charge on any atom is -0.493 e. The second kappa shape index (κ2) is 6.17. The van der Waals surface area contributed by atoms with E-state index in [2.05, 4.69) is 31.3 Å². The first-order valence-electron chi connectivity index (χ1n) is 8.16. The predicted molar refractivity (Wildman–Crippen MR) is 83.4 cm³/mol. The molecule has 3 rings (SSSR count). The third-order valence-corrected chi connectivity index (χ3v) is 4.62. The van der Waals surface area contributed by atoms with Crippen molar-refractivity contribution in [3.63, 3.8) is 0 Å². The number of nitrogens with one attached hydrogen (secondary N) is 1. The number of hydrogen-bond acceptors (Lipinski definition) is 2. The normalized spacial score (nSPS) is 20.1. The van der Waals surface area contributed by atoms with Gasteiger partial charge in [-0.25, -0.2) is 0 Å². The molecule has 1 aliphatic heterocycles. The highest BCUT2D eigenvalue weighted by atomic mass is 16.5. The SMILES string of the molecule is Cc1cc(C)c(OCC2CC2)c(CC2CCNCC2)c1. The van der Waals surface area contributed by atoms with Gasteiger partial charge >= 0.3 is 0 Å². The van der Waals surface area contributed by atoms with Crippen molar-refractivity contribution in [3.05, 3.63) is 28.8 Å². The highest BCUT2D eigenvalue weighted by Crippen LogP contribution is 2.33. The van der Waals surface area contributed by atoms with Crippen molar-refractivity contribution in [2.24, 2.45) is 11.8 Å². The monoisotopic (exact) mass is 273 g/mol. The van der Waals surface area contributed by atoms with Gasteiger partial charge in [-0.2, -0.15) is 0 Å². The first-order valence-corrected chi connectivity index (χ1v) is 8.16. The van der Waals surface area contributed by atoms with Gasteiger partial charge < -0.3 is 10.1 Å². The van der Waals surface area contributed by atoms with E-state index in [1.807, 2.05) is 0 Å². The number of benzene rings is 1. The van der Waals surface area contributed by atoms with E-state index in [1.54, 1.807) is 0 Å². The Morgan fingerprint density at radius 2 is 1.80 bits per heavy atom. The van der Waals surface area contributed by atoms with Gasteiger partial charge in [0.05, 0.1) is 6.61 Å². The van der Waals surface area contributed by atoms with E-state index < -0.39 is 0 Å². The maximum Gasteiger partial charge on any atom is 0.125 e. The lowest BCUT2D eigenvalue weighted by Crippen LogP contribution is -2.28. The Kier molecular flexibility index (Phi) is 4.30. The number of rotatable bonds is 5. The van der Waals surface area contributed by atoms with E-state index in [1.165, 1.54) is 67.6 Å². The lowest BCUT2D eigenvalue weighted by molar-refractivity contribution is 0.290. The predicted octanol–water partition coefficient (Wildman–Crippen LogP) is 3.63. The van der Waals surface area contributed by atoms with E-state index >= 15 is 0 Å². The summed E-state index contributed by atoms with van der Waals surface area (Å²) in [5, 5.41) is 3.45. The Morgan fingerprint density at radius 3 is 2.50 bits per heavy atom. The molecule has 2 fully saturated rings. The van der Waals surface area contributed by atoms with Crippen LogP contribution in [-0.2, 0) is 6.42 Å². The van der Waals surface area contributed by atoms with Crippen molar-refractivity contribution in [2.45, 2.75) is 46.0 Å². The molecule has 1 aromatic rings. The van der Waals surface area contributed by atoms with Crippen LogP contribution in [0.1, 0.15) is 42.4 Å².